The Balaban J connectivity index is 1.91. The molecule has 0 saturated heterocycles. The van der Waals surface area contributed by atoms with E-state index in [1.807, 2.05) is 6.92 Å². The molecule has 0 fully saturated rings. The van der Waals surface area contributed by atoms with Gasteiger partial charge in [0.05, 0.1) is 22.3 Å². The van der Waals surface area contributed by atoms with E-state index in [9.17, 15) is 13.2 Å². The number of hydrogen-bond acceptors (Lipinski definition) is 6. The molecule has 1 aliphatic rings. The Morgan fingerprint density at radius 3 is 2.55 bits per heavy atom. The van der Waals surface area contributed by atoms with Crippen LogP contribution in [0, 0.1) is 5.92 Å². The summed E-state index contributed by atoms with van der Waals surface area (Å²) in [5.41, 5.74) is 0.637. The van der Waals surface area contributed by atoms with Crippen LogP contribution in [-0.4, -0.2) is 65.2 Å². The maximum absolute atomic E-state index is 13.2. The molecule has 33 heavy (non-hydrogen) atoms. The molecule has 3 rings (SSSR count). The third kappa shape index (κ3) is 6.38. The summed E-state index contributed by atoms with van der Waals surface area (Å²) in [5, 5.41) is 3.86. The Kier molecular flexibility index (Phi) is 8.23. The van der Waals surface area contributed by atoms with E-state index in [2.05, 4.69) is 17.0 Å². The van der Waals surface area contributed by atoms with Crippen LogP contribution in [0.4, 0.5) is 5.69 Å². The minimum absolute atomic E-state index is 0.0134. The number of ether oxygens (including phenoxy) is 2. The van der Waals surface area contributed by atoms with Crippen LogP contribution in [0.3, 0.4) is 0 Å². The van der Waals surface area contributed by atoms with Gasteiger partial charge in [0.1, 0.15) is 12.4 Å². The van der Waals surface area contributed by atoms with Gasteiger partial charge in [-0.05, 0) is 49.2 Å². The number of amides is 1. The number of fused-ring (bicyclic) bond motifs is 1. The first kappa shape index (κ1) is 25.3. The lowest BCUT2D eigenvalue weighted by molar-refractivity contribution is 0.0281. The fraction of sp³-hybridized carbons (Fsp3) is 0.435. The minimum Gasteiger partial charge on any atom is -0.491 e. The van der Waals surface area contributed by atoms with Gasteiger partial charge >= 0.3 is 0 Å². The van der Waals surface area contributed by atoms with E-state index in [0.717, 1.165) is 0 Å². The number of carbonyl (C=O) groups is 1. The van der Waals surface area contributed by atoms with Crippen molar-refractivity contribution < 1.29 is 22.7 Å². The monoisotopic (exact) mass is 495 g/mol. The van der Waals surface area contributed by atoms with E-state index < -0.39 is 10.0 Å². The van der Waals surface area contributed by atoms with Crippen LogP contribution in [0.25, 0.3) is 0 Å². The summed E-state index contributed by atoms with van der Waals surface area (Å²) in [4.78, 5) is 14.8. The number of sulfonamides is 1. The van der Waals surface area contributed by atoms with E-state index >= 15 is 0 Å². The molecule has 0 aliphatic carbocycles. The Bertz CT molecular complexity index is 1080. The topological polar surface area (TPSA) is 97.0 Å². The zero-order chi connectivity index (χ0) is 24.2. The highest BCUT2D eigenvalue weighted by Crippen LogP contribution is 2.27. The zero-order valence-corrected chi connectivity index (χ0v) is 20.7. The van der Waals surface area contributed by atoms with Crippen molar-refractivity contribution in [3.63, 3.8) is 0 Å². The van der Waals surface area contributed by atoms with Crippen LogP contribution in [0.2, 0.25) is 5.02 Å². The van der Waals surface area contributed by atoms with E-state index in [0.29, 0.717) is 36.0 Å². The molecular weight excluding hydrogens is 466 g/mol. The lowest BCUT2D eigenvalue weighted by Gasteiger charge is -2.30. The molecule has 2 N–H and O–H groups in total. The first-order chi connectivity index (χ1) is 15.6. The zero-order valence-electron chi connectivity index (χ0n) is 19.2. The molecule has 1 aliphatic heterocycles. The predicted molar refractivity (Wildman–Crippen MR) is 129 cm³/mol. The Hall–Kier alpha value is -2.33. The third-order valence-electron chi connectivity index (χ3n) is 5.60. The number of likely N-dealkylation sites (N-methyl/N-ethyl adjacent to an activating group) is 1. The summed E-state index contributed by atoms with van der Waals surface area (Å²) in [6.45, 7) is 5.49. The quantitative estimate of drug-likeness (QED) is 0.676. The van der Waals surface area contributed by atoms with E-state index in [1.54, 1.807) is 31.2 Å². The van der Waals surface area contributed by atoms with Gasteiger partial charge in [-0.15, -0.1) is 0 Å². The van der Waals surface area contributed by atoms with Crippen LogP contribution in [0.15, 0.2) is 47.4 Å². The first-order valence-electron chi connectivity index (χ1n) is 10.7. The average Bonchev–Trinajstić information content (AvgIpc) is 2.78. The maximum atomic E-state index is 13.2. The van der Waals surface area contributed by atoms with Gasteiger partial charge in [-0.3, -0.25) is 9.52 Å². The number of carbonyl (C=O) groups excluding carboxylic acids is 1. The molecule has 1 heterocycles. The minimum atomic E-state index is -3.84. The second-order valence-electron chi connectivity index (χ2n) is 8.33. The maximum Gasteiger partial charge on any atom is 0.261 e. The second kappa shape index (κ2) is 10.7. The molecule has 0 radical (unpaired) electrons. The molecule has 2 aromatic rings. The number of halogens is 1. The molecule has 0 unspecified atom stereocenters. The summed E-state index contributed by atoms with van der Waals surface area (Å²) < 4.78 is 39.6. The molecule has 3 atom stereocenters. The van der Waals surface area contributed by atoms with E-state index in [1.165, 1.54) is 30.3 Å². The van der Waals surface area contributed by atoms with Crippen molar-refractivity contribution in [3.05, 3.63) is 53.1 Å². The number of nitrogens with one attached hydrogen (secondary N) is 2. The van der Waals surface area contributed by atoms with Crippen molar-refractivity contribution in [2.45, 2.75) is 30.9 Å². The van der Waals surface area contributed by atoms with Gasteiger partial charge < -0.3 is 19.7 Å². The van der Waals surface area contributed by atoms with Gasteiger partial charge in [-0.1, -0.05) is 18.5 Å². The average molecular weight is 496 g/mol. The number of methoxy groups -OCH3 is 1. The van der Waals surface area contributed by atoms with Gasteiger partial charge in [-0.2, -0.15) is 0 Å². The molecule has 1 amide bonds. The number of rotatable bonds is 4. The lowest BCUT2D eigenvalue weighted by atomic mass is 10.0. The van der Waals surface area contributed by atoms with Crippen LogP contribution in [0.5, 0.6) is 5.75 Å². The van der Waals surface area contributed by atoms with Gasteiger partial charge in [-0.25, -0.2) is 8.42 Å². The van der Waals surface area contributed by atoms with Crippen molar-refractivity contribution in [3.8, 4) is 5.75 Å². The standard InChI is InChI=1S/C23H30ClN3O5S/c1-15-12-25-16(2)14-32-21-11-18(26-33(29,30)19-8-5-17(24)6-9-19)7-10-20(21)23(28)27(3)13-22(15)31-4/h5-11,15-16,22,25-26H,12-14H2,1-4H3/t15-,16-,22+/m0/s1. The van der Waals surface area contributed by atoms with Gasteiger partial charge in [0, 0.05) is 44.4 Å². The lowest BCUT2D eigenvalue weighted by Crippen LogP contribution is -2.44. The molecule has 10 heteroatoms. The fourth-order valence-corrected chi connectivity index (χ4v) is 4.72. The Morgan fingerprint density at radius 1 is 1.18 bits per heavy atom. The van der Waals surface area contributed by atoms with E-state index in [-0.39, 0.29) is 34.6 Å². The van der Waals surface area contributed by atoms with Gasteiger partial charge in [0.15, 0.2) is 0 Å². The summed E-state index contributed by atoms with van der Waals surface area (Å²) >= 11 is 5.86. The SMILES string of the molecule is CO[C@@H]1CN(C)C(=O)c2ccc(NS(=O)(=O)c3ccc(Cl)cc3)cc2OC[C@H](C)NC[C@@H]1C. The smallest absolute Gasteiger partial charge is 0.261 e. The molecule has 0 bridgehead atoms. The molecule has 8 nitrogen and oxygen atoms in total. The van der Waals surface area contributed by atoms with Gasteiger partial charge in [0.2, 0.25) is 0 Å². The predicted octanol–water partition coefficient (Wildman–Crippen LogP) is 3.23. The number of anilines is 1. The highest BCUT2D eigenvalue weighted by Gasteiger charge is 2.26. The molecule has 0 spiro atoms. The second-order valence-corrected chi connectivity index (χ2v) is 10.4. The van der Waals surface area contributed by atoms with Crippen molar-refractivity contribution in [1.29, 1.82) is 0 Å². The van der Waals surface area contributed by atoms with Crippen LogP contribution < -0.4 is 14.8 Å². The van der Waals surface area contributed by atoms with Crippen LogP contribution in [-0.2, 0) is 14.8 Å². The van der Waals surface area contributed by atoms with E-state index in [4.69, 9.17) is 21.1 Å². The van der Waals surface area contributed by atoms with Crippen molar-refractivity contribution in [1.82, 2.24) is 10.2 Å². The third-order valence-corrected chi connectivity index (χ3v) is 7.25. The van der Waals surface area contributed by atoms with Gasteiger partial charge in [0.25, 0.3) is 15.9 Å². The van der Waals surface area contributed by atoms with Crippen LogP contribution >= 0.6 is 11.6 Å². The summed E-state index contributed by atoms with van der Waals surface area (Å²) in [6.07, 6.45) is -0.132. The largest absolute Gasteiger partial charge is 0.491 e. The van der Waals surface area contributed by atoms with Crippen molar-refractivity contribution >= 4 is 33.2 Å². The summed E-state index contributed by atoms with van der Waals surface area (Å²) in [6, 6.07) is 10.5. The molecule has 0 aromatic heterocycles. The molecule has 2 aromatic carbocycles. The normalized spacial score (nSPS) is 22.5. The first-order valence-corrected chi connectivity index (χ1v) is 12.5. The summed E-state index contributed by atoms with van der Waals surface area (Å²) in [5.74, 6) is 0.267. The van der Waals surface area contributed by atoms with Crippen LogP contribution in [0.1, 0.15) is 24.2 Å². The van der Waals surface area contributed by atoms with Crippen molar-refractivity contribution in [2.24, 2.45) is 5.92 Å². The molecule has 0 saturated carbocycles. The molecular formula is C23H30ClN3O5S. The number of benzene rings is 2. The Labute approximate surface area is 200 Å². The highest BCUT2D eigenvalue weighted by atomic mass is 35.5. The Morgan fingerprint density at radius 2 is 1.88 bits per heavy atom. The number of nitrogens with zero attached hydrogens (tertiary/aromatic N) is 1. The summed E-state index contributed by atoms with van der Waals surface area (Å²) in [7, 11) is -0.481. The molecule has 180 valence electrons. The fourth-order valence-electron chi connectivity index (χ4n) is 3.55. The van der Waals surface area contributed by atoms with Crippen molar-refractivity contribution in [2.75, 3.05) is 38.6 Å². The number of hydrogen-bond donors (Lipinski definition) is 2. The highest BCUT2D eigenvalue weighted by molar-refractivity contribution is 7.92.